The van der Waals surface area contributed by atoms with Crippen LogP contribution in [0.3, 0.4) is 0 Å². The van der Waals surface area contributed by atoms with Gasteiger partial charge in [0.1, 0.15) is 0 Å². The lowest BCUT2D eigenvalue weighted by Gasteiger charge is -2.06. The maximum Gasteiger partial charge on any atom is -0.0000951 e. The van der Waals surface area contributed by atoms with E-state index in [-0.39, 0.29) is 0 Å². The van der Waals surface area contributed by atoms with Crippen LogP contribution < -0.4 is 0 Å². The highest BCUT2D eigenvalue weighted by atomic mass is 14.2. The zero-order chi connectivity index (χ0) is 11.5. The number of hydrogen-bond acceptors (Lipinski definition) is 0. The maximum absolute atomic E-state index is 2.31. The van der Waals surface area contributed by atoms with Gasteiger partial charge in [-0.3, -0.25) is 0 Å². The second-order valence-electron chi connectivity index (χ2n) is 3.98. The fraction of sp³-hybridized carbons (Fsp3) is 0.250. The summed E-state index contributed by atoms with van der Waals surface area (Å²) in [6.07, 6.45) is 4.50. The maximum atomic E-state index is 2.31. The average molecular weight is 210 g/mol. The summed E-state index contributed by atoms with van der Waals surface area (Å²) >= 11 is 0. The van der Waals surface area contributed by atoms with Gasteiger partial charge in [-0.2, -0.15) is 0 Å². The molecular weight excluding hydrogens is 192 g/mol. The summed E-state index contributed by atoms with van der Waals surface area (Å²) in [6, 6.07) is 13.1. The van der Waals surface area contributed by atoms with E-state index in [0.717, 1.165) is 0 Å². The molecule has 0 saturated carbocycles. The smallest absolute Gasteiger partial charge is 0.0000951 e. The zero-order valence-electron chi connectivity index (χ0n) is 10.2. The Morgan fingerprint density at radius 1 is 0.938 bits per heavy atom. The molecule has 1 aliphatic rings. The molecular formula is C16H18. The molecule has 3 rings (SSSR count). The van der Waals surface area contributed by atoms with Gasteiger partial charge < -0.3 is 0 Å². The van der Waals surface area contributed by atoms with Crippen molar-refractivity contribution in [3.05, 3.63) is 53.6 Å². The van der Waals surface area contributed by atoms with Crippen molar-refractivity contribution in [2.24, 2.45) is 0 Å². The fourth-order valence-corrected chi connectivity index (χ4v) is 2.17. The molecule has 0 N–H and O–H groups in total. The van der Waals surface area contributed by atoms with Gasteiger partial charge in [0, 0.05) is 0 Å². The molecule has 1 atom stereocenters. The van der Waals surface area contributed by atoms with Gasteiger partial charge in [0.15, 0.2) is 0 Å². The molecule has 0 spiro atoms. The van der Waals surface area contributed by atoms with Crippen LogP contribution in [-0.4, -0.2) is 0 Å². The van der Waals surface area contributed by atoms with Gasteiger partial charge >= 0.3 is 0 Å². The molecule has 0 heteroatoms. The SMILES string of the molecule is CC.CC1C=Cc2cc3ccccc3cc21. The van der Waals surface area contributed by atoms with Crippen LogP contribution in [0.15, 0.2) is 42.5 Å². The number of hydrogen-bond donors (Lipinski definition) is 0. The van der Waals surface area contributed by atoms with Crippen molar-refractivity contribution >= 4 is 16.8 Å². The van der Waals surface area contributed by atoms with Gasteiger partial charge in [0.25, 0.3) is 0 Å². The van der Waals surface area contributed by atoms with E-state index in [1.54, 1.807) is 0 Å². The predicted octanol–water partition coefficient (Wildman–Crippen LogP) is 5.00. The van der Waals surface area contributed by atoms with Gasteiger partial charge in [-0.25, -0.2) is 0 Å². The number of allylic oxidation sites excluding steroid dienone is 1. The van der Waals surface area contributed by atoms with E-state index in [4.69, 9.17) is 0 Å². The van der Waals surface area contributed by atoms with E-state index in [0.29, 0.717) is 5.92 Å². The van der Waals surface area contributed by atoms with Crippen LogP contribution in [0.2, 0.25) is 0 Å². The lowest BCUT2D eigenvalue weighted by Crippen LogP contribution is -1.87. The molecule has 0 bridgehead atoms. The normalized spacial score (nSPS) is 16.8. The highest BCUT2D eigenvalue weighted by Gasteiger charge is 2.12. The molecule has 0 aromatic heterocycles. The molecule has 1 aliphatic carbocycles. The lowest BCUT2D eigenvalue weighted by molar-refractivity contribution is 0.993. The Labute approximate surface area is 97.6 Å². The first-order chi connectivity index (χ1) is 7.84. The zero-order valence-corrected chi connectivity index (χ0v) is 10.2. The minimum absolute atomic E-state index is 0.578. The van der Waals surface area contributed by atoms with Crippen molar-refractivity contribution in [2.45, 2.75) is 26.7 Å². The van der Waals surface area contributed by atoms with Crippen molar-refractivity contribution in [2.75, 3.05) is 0 Å². The highest BCUT2D eigenvalue weighted by molar-refractivity contribution is 5.87. The van der Waals surface area contributed by atoms with Crippen molar-refractivity contribution < 1.29 is 0 Å². The largest absolute Gasteiger partial charge is 0.0767 e. The molecule has 16 heavy (non-hydrogen) atoms. The molecule has 0 amide bonds. The Kier molecular flexibility index (Phi) is 3.09. The molecule has 0 fully saturated rings. The van der Waals surface area contributed by atoms with Gasteiger partial charge in [0.05, 0.1) is 0 Å². The van der Waals surface area contributed by atoms with Crippen LogP contribution in [0.25, 0.3) is 16.8 Å². The monoisotopic (exact) mass is 210 g/mol. The minimum atomic E-state index is 0.578. The lowest BCUT2D eigenvalue weighted by atomic mass is 9.98. The molecule has 1 unspecified atom stereocenters. The third kappa shape index (κ3) is 1.76. The van der Waals surface area contributed by atoms with Crippen LogP contribution in [0.5, 0.6) is 0 Å². The highest BCUT2D eigenvalue weighted by Crippen LogP contribution is 2.32. The van der Waals surface area contributed by atoms with Crippen LogP contribution in [0.1, 0.15) is 37.8 Å². The molecule has 2 aromatic rings. The number of rotatable bonds is 0. The Morgan fingerprint density at radius 2 is 1.56 bits per heavy atom. The molecule has 82 valence electrons. The Balaban J connectivity index is 0.000000457. The summed E-state index contributed by atoms with van der Waals surface area (Å²) < 4.78 is 0. The first-order valence-corrected chi connectivity index (χ1v) is 6.05. The van der Waals surface area contributed by atoms with Crippen molar-refractivity contribution in [3.8, 4) is 0 Å². The average Bonchev–Trinajstić information content (AvgIpc) is 2.71. The number of fused-ring (bicyclic) bond motifs is 2. The summed E-state index contributed by atoms with van der Waals surface area (Å²) in [5.41, 5.74) is 2.85. The van der Waals surface area contributed by atoms with E-state index < -0.39 is 0 Å². The number of benzene rings is 2. The van der Waals surface area contributed by atoms with E-state index in [1.807, 2.05) is 13.8 Å². The standard InChI is InChI=1S/C14H12.C2H6/c1-10-6-7-13-8-11-4-2-3-5-12(11)9-14(10)13;1-2/h2-10H,1H3;1-2H3. The van der Waals surface area contributed by atoms with Crippen molar-refractivity contribution in [3.63, 3.8) is 0 Å². The summed E-state index contributed by atoms with van der Waals surface area (Å²) in [5.74, 6) is 0.578. The topological polar surface area (TPSA) is 0 Å². The molecule has 0 aliphatic heterocycles. The van der Waals surface area contributed by atoms with Crippen LogP contribution in [-0.2, 0) is 0 Å². The second-order valence-corrected chi connectivity index (χ2v) is 3.98. The fourth-order valence-electron chi connectivity index (χ4n) is 2.17. The van der Waals surface area contributed by atoms with E-state index in [2.05, 4.69) is 55.5 Å². The molecule has 2 aromatic carbocycles. The molecule has 0 saturated heterocycles. The van der Waals surface area contributed by atoms with Gasteiger partial charge in [0.2, 0.25) is 0 Å². The molecule has 0 heterocycles. The van der Waals surface area contributed by atoms with Crippen LogP contribution in [0, 0.1) is 0 Å². The third-order valence-electron chi connectivity index (χ3n) is 3.01. The van der Waals surface area contributed by atoms with Crippen molar-refractivity contribution in [1.82, 2.24) is 0 Å². The predicted molar refractivity (Wildman–Crippen MR) is 72.7 cm³/mol. The van der Waals surface area contributed by atoms with Crippen LogP contribution in [0.4, 0.5) is 0 Å². The summed E-state index contributed by atoms with van der Waals surface area (Å²) in [5, 5.41) is 2.69. The van der Waals surface area contributed by atoms with Crippen LogP contribution >= 0.6 is 0 Å². The van der Waals surface area contributed by atoms with Gasteiger partial charge in [-0.1, -0.05) is 57.2 Å². The first-order valence-electron chi connectivity index (χ1n) is 6.05. The first kappa shape index (κ1) is 10.9. The Morgan fingerprint density at radius 3 is 2.25 bits per heavy atom. The second kappa shape index (κ2) is 4.52. The minimum Gasteiger partial charge on any atom is -0.0767 e. The Hall–Kier alpha value is -1.56. The summed E-state index contributed by atoms with van der Waals surface area (Å²) in [7, 11) is 0. The summed E-state index contributed by atoms with van der Waals surface area (Å²) in [6.45, 7) is 6.25. The van der Waals surface area contributed by atoms with E-state index in [1.165, 1.54) is 21.9 Å². The van der Waals surface area contributed by atoms with Gasteiger partial charge in [-0.05, 0) is 39.9 Å². The quantitative estimate of drug-likeness (QED) is 0.574. The van der Waals surface area contributed by atoms with Gasteiger partial charge in [-0.15, -0.1) is 0 Å². The van der Waals surface area contributed by atoms with Crippen molar-refractivity contribution in [1.29, 1.82) is 0 Å². The summed E-state index contributed by atoms with van der Waals surface area (Å²) in [4.78, 5) is 0. The molecule has 0 radical (unpaired) electrons. The van der Waals surface area contributed by atoms with E-state index >= 15 is 0 Å². The Bertz CT molecular complexity index is 521. The molecule has 0 nitrogen and oxygen atoms in total. The third-order valence-corrected chi connectivity index (χ3v) is 3.01. The van der Waals surface area contributed by atoms with E-state index in [9.17, 15) is 0 Å².